The third-order valence-corrected chi connectivity index (χ3v) is 2.72. The van der Waals surface area contributed by atoms with E-state index in [1.165, 1.54) is 18.0 Å². The van der Waals surface area contributed by atoms with Crippen molar-refractivity contribution in [2.24, 2.45) is 7.05 Å². The average Bonchev–Trinajstić information content (AvgIpc) is 2.80. The molecule has 0 aliphatic carbocycles. The molecule has 0 atom stereocenters. The van der Waals surface area contributed by atoms with Crippen LogP contribution in [0.2, 0.25) is 0 Å². The Kier molecular flexibility index (Phi) is 3.41. The summed E-state index contributed by atoms with van der Waals surface area (Å²) in [5.74, 6) is 0.120. The molecule has 0 aliphatic rings. The predicted molar refractivity (Wildman–Crippen MR) is 68.7 cm³/mol. The van der Waals surface area contributed by atoms with Crippen LogP contribution in [0.1, 0.15) is 10.4 Å². The third-order valence-electron chi connectivity index (χ3n) is 2.72. The first-order valence-electron chi connectivity index (χ1n) is 5.56. The van der Waals surface area contributed by atoms with Gasteiger partial charge in [-0.3, -0.25) is 4.68 Å². The Bertz CT molecular complexity index is 619. The second-order valence-corrected chi connectivity index (χ2v) is 3.94. The minimum Gasteiger partial charge on any atom is -0.497 e. The van der Waals surface area contributed by atoms with Crippen LogP contribution in [0, 0.1) is 0 Å². The zero-order chi connectivity index (χ0) is 14.0. The van der Waals surface area contributed by atoms with Gasteiger partial charge in [0.15, 0.2) is 0 Å². The summed E-state index contributed by atoms with van der Waals surface area (Å²) < 4.78 is 11.8. The molecular formula is C13H14N2O4. The number of benzene rings is 1. The van der Waals surface area contributed by atoms with E-state index < -0.39 is 5.97 Å². The number of rotatable bonds is 4. The lowest BCUT2D eigenvalue weighted by Crippen LogP contribution is -1.98. The lowest BCUT2D eigenvalue weighted by Gasteiger charge is -2.09. The molecule has 0 fully saturated rings. The van der Waals surface area contributed by atoms with E-state index in [0.29, 0.717) is 22.8 Å². The highest BCUT2D eigenvalue weighted by Gasteiger charge is 2.19. The van der Waals surface area contributed by atoms with Gasteiger partial charge in [-0.05, 0) is 12.1 Å². The fourth-order valence-corrected chi connectivity index (χ4v) is 1.84. The van der Waals surface area contributed by atoms with Crippen molar-refractivity contribution in [1.82, 2.24) is 9.78 Å². The van der Waals surface area contributed by atoms with Crippen molar-refractivity contribution in [3.63, 3.8) is 0 Å². The summed E-state index contributed by atoms with van der Waals surface area (Å²) in [5.41, 5.74) is 1.11. The SMILES string of the molecule is COc1ccc(-c2nn(C)cc2C(=O)O)c(OC)c1. The molecule has 6 heteroatoms. The highest BCUT2D eigenvalue weighted by atomic mass is 16.5. The largest absolute Gasteiger partial charge is 0.497 e. The Morgan fingerprint density at radius 3 is 2.63 bits per heavy atom. The Balaban J connectivity index is 2.61. The first kappa shape index (κ1) is 12.9. The maximum atomic E-state index is 11.2. The molecule has 19 heavy (non-hydrogen) atoms. The number of nitrogens with zero attached hydrogens (tertiary/aromatic N) is 2. The van der Waals surface area contributed by atoms with Crippen molar-refractivity contribution < 1.29 is 19.4 Å². The summed E-state index contributed by atoms with van der Waals surface area (Å²) in [6, 6.07) is 5.15. The van der Waals surface area contributed by atoms with Crippen LogP contribution in [-0.2, 0) is 7.05 Å². The molecule has 0 unspecified atom stereocenters. The van der Waals surface area contributed by atoms with Gasteiger partial charge >= 0.3 is 5.97 Å². The summed E-state index contributed by atoms with van der Waals surface area (Å²) in [6.45, 7) is 0. The van der Waals surface area contributed by atoms with Gasteiger partial charge in [-0.1, -0.05) is 0 Å². The van der Waals surface area contributed by atoms with Gasteiger partial charge in [-0.15, -0.1) is 0 Å². The standard InChI is InChI=1S/C13H14N2O4/c1-15-7-10(13(16)17)12(14-15)9-5-4-8(18-2)6-11(9)19-3/h4-7H,1-3H3,(H,16,17). The summed E-state index contributed by atoms with van der Waals surface area (Å²) in [4.78, 5) is 11.2. The molecule has 0 amide bonds. The minimum atomic E-state index is -1.03. The monoisotopic (exact) mass is 262 g/mol. The van der Waals surface area contributed by atoms with Gasteiger partial charge in [0.1, 0.15) is 22.8 Å². The molecule has 0 saturated carbocycles. The summed E-state index contributed by atoms with van der Waals surface area (Å²) in [7, 11) is 4.74. The lowest BCUT2D eigenvalue weighted by molar-refractivity contribution is 0.0697. The molecule has 0 saturated heterocycles. The lowest BCUT2D eigenvalue weighted by atomic mass is 10.1. The fraction of sp³-hybridized carbons (Fsp3) is 0.231. The smallest absolute Gasteiger partial charge is 0.339 e. The van der Waals surface area contributed by atoms with Crippen LogP contribution < -0.4 is 9.47 Å². The van der Waals surface area contributed by atoms with E-state index in [1.54, 1.807) is 32.4 Å². The van der Waals surface area contributed by atoms with E-state index >= 15 is 0 Å². The van der Waals surface area contributed by atoms with Crippen molar-refractivity contribution in [1.29, 1.82) is 0 Å². The molecule has 0 radical (unpaired) electrons. The zero-order valence-electron chi connectivity index (χ0n) is 10.9. The van der Waals surface area contributed by atoms with Crippen molar-refractivity contribution in [2.45, 2.75) is 0 Å². The van der Waals surface area contributed by atoms with Gasteiger partial charge in [-0.2, -0.15) is 5.10 Å². The van der Waals surface area contributed by atoms with Crippen LogP contribution in [-0.4, -0.2) is 35.1 Å². The molecule has 1 heterocycles. The third kappa shape index (κ3) is 2.37. The highest BCUT2D eigenvalue weighted by Crippen LogP contribution is 2.34. The Hall–Kier alpha value is -2.50. The number of hydrogen-bond acceptors (Lipinski definition) is 4. The number of carboxylic acid groups (broad SMARTS) is 1. The summed E-state index contributed by atoms with van der Waals surface area (Å²) in [5, 5.41) is 13.4. The van der Waals surface area contributed by atoms with Gasteiger partial charge < -0.3 is 14.6 Å². The highest BCUT2D eigenvalue weighted by molar-refractivity contribution is 5.95. The topological polar surface area (TPSA) is 73.6 Å². The summed E-state index contributed by atoms with van der Waals surface area (Å²) in [6.07, 6.45) is 1.46. The molecule has 0 bridgehead atoms. The number of hydrogen-bond donors (Lipinski definition) is 1. The van der Waals surface area contributed by atoms with Gasteiger partial charge in [0, 0.05) is 24.9 Å². The van der Waals surface area contributed by atoms with Crippen LogP contribution in [0.5, 0.6) is 11.5 Å². The normalized spacial score (nSPS) is 10.3. The van der Waals surface area contributed by atoms with Crippen LogP contribution in [0.15, 0.2) is 24.4 Å². The van der Waals surface area contributed by atoms with Crippen LogP contribution >= 0.6 is 0 Å². The molecular weight excluding hydrogens is 248 g/mol. The average molecular weight is 262 g/mol. The van der Waals surface area contributed by atoms with Crippen LogP contribution in [0.25, 0.3) is 11.3 Å². The van der Waals surface area contributed by atoms with Crippen LogP contribution in [0.4, 0.5) is 0 Å². The molecule has 2 aromatic rings. The second-order valence-electron chi connectivity index (χ2n) is 3.94. The van der Waals surface area contributed by atoms with Gasteiger partial charge in [0.2, 0.25) is 0 Å². The molecule has 1 aromatic carbocycles. The van der Waals surface area contributed by atoms with E-state index in [1.807, 2.05) is 0 Å². The van der Waals surface area contributed by atoms with E-state index in [9.17, 15) is 9.90 Å². The van der Waals surface area contributed by atoms with Crippen molar-refractivity contribution in [3.8, 4) is 22.8 Å². The van der Waals surface area contributed by atoms with Crippen LogP contribution in [0.3, 0.4) is 0 Å². The molecule has 0 spiro atoms. The molecule has 1 N–H and O–H groups in total. The number of methoxy groups -OCH3 is 2. The second kappa shape index (κ2) is 5.01. The number of aromatic nitrogens is 2. The number of aromatic carboxylic acids is 1. The number of ether oxygens (including phenoxy) is 2. The molecule has 0 aliphatic heterocycles. The van der Waals surface area contributed by atoms with E-state index in [2.05, 4.69) is 5.10 Å². The van der Waals surface area contributed by atoms with Crippen molar-refractivity contribution in [3.05, 3.63) is 30.0 Å². The first-order chi connectivity index (χ1) is 9.06. The van der Waals surface area contributed by atoms with Crippen molar-refractivity contribution in [2.75, 3.05) is 14.2 Å². The number of carbonyl (C=O) groups is 1. The molecule has 1 aromatic heterocycles. The maximum absolute atomic E-state index is 11.2. The van der Waals surface area contributed by atoms with Crippen molar-refractivity contribution >= 4 is 5.97 Å². The van der Waals surface area contributed by atoms with E-state index in [4.69, 9.17) is 9.47 Å². The zero-order valence-corrected chi connectivity index (χ0v) is 10.9. The predicted octanol–water partition coefficient (Wildman–Crippen LogP) is 1.80. The van der Waals surface area contributed by atoms with E-state index in [0.717, 1.165) is 0 Å². The number of carboxylic acids is 1. The molecule has 100 valence electrons. The molecule has 6 nitrogen and oxygen atoms in total. The Morgan fingerprint density at radius 2 is 2.05 bits per heavy atom. The fourth-order valence-electron chi connectivity index (χ4n) is 1.84. The maximum Gasteiger partial charge on any atom is 0.339 e. The Labute approximate surface area is 110 Å². The number of aryl methyl sites for hydroxylation is 1. The first-order valence-corrected chi connectivity index (χ1v) is 5.56. The van der Waals surface area contributed by atoms with Gasteiger partial charge in [0.05, 0.1) is 14.2 Å². The van der Waals surface area contributed by atoms with Gasteiger partial charge in [0.25, 0.3) is 0 Å². The van der Waals surface area contributed by atoms with E-state index in [-0.39, 0.29) is 5.56 Å². The summed E-state index contributed by atoms with van der Waals surface area (Å²) >= 11 is 0. The Morgan fingerprint density at radius 1 is 1.32 bits per heavy atom. The van der Waals surface area contributed by atoms with Gasteiger partial charge in [-0.25, -0.2) is 4.79 Å². The molecule has 2 rings (SSSR count). The quantitative estimate of drug-likeness (QED) is 0.909. The minimum absolute atomic E-state index is 0.131.